The summed E-state index contributed by atoms with van der Waals surface area (Å²) in [4.78, 5) is 0. The predicted molar refractivity (Wildman–Crippen MR) is 71.5 cm³/mol. The first-order valence-electron chi connectivity index (χ1n) is 4.64. The Bertz CT molecular complexity index is 845. The van der Waals surface area contributed by atoms with E-state index < -0.39 is 0 Å². The summed E-state index contributed by atoms with van der Waals surface area (Å²) < 4.78 is 2.60. The summed E-state index contributed by atoms with van der Waals surface area (Å²) in [5, 5.41) is 24.3. The van der Waals surface area contributed by atoms with Crippen LogP contribution in [0.1, 0.15) is 0 Å². The summed E-state index contributed by atoms with van der Waals surface area (Å²) in [6.45, 7) is 0. The van der Waals surface area contributed by atoms with Crippen molar-refractivity contribution in [3.8, 4) is 0 Å². The highest BCUT2D eigenvalue weighted by Crippen LogP contribution is 2.44. The van der Waals surface area contributed by atoms with E-state index in [4.69, 9.17) is 23.2 Å². The van der Waals surface area contributed by atoms with Gasteiger partial charge in [-0.2, -0.15) is 0 Å². The third kappa shape index (κ3) is 1.28. The Kier molecular flexibility index (Phi) is 2.16. The molecule has 4 aromatic heterocycles. The highest BCUT2D eigenvalue weighted by Gasteiger charge is 2.19. The van der Waals surface area contributed by atoms with Gasteiger partial charge in [0.15, 0.2) is 10.3 Å². The van der Waals surface area contributed by atoms with Crippen LogP contribution in [-0.4, -0.2) is 30.8 Å². The van der Waals surface area contributed by atoms with Gasteiger partial charge in [0, 0.05) is 0 Å². The molecule has 88 valence electrons. The summed E-state index contributed by atoms with van der Waals surface area (Å²) in [5.41, 5.74) is 1.36. The molecule has 0 aliphatic carbocycles. The van der Waals surface area contributed by atoms with Gasteiger partial charge in [0.2, 0.25) is 0 Å². The molecule has 0 saturated heterocycles. The molecular formula is C8Cl2N6S2. The van der Waals surface area contributed by atoms with Crippen molar-refractivity contribution in [3.05, 3.63) is 10.3 Å². The highest BCUT2D eigenvalue weighted by atomic mass is 35.5. The first kappa shape index (κ1) is 10.7. The van der Waals surface area contributed by atoms with Crippen LogP contribution in [0.5, 0.6) is 0 Å². The van der Waals surface area contributed by atoms with Crippen LogP contribution in [0.15, 0.2) is 0 Å². The molecule has 10 heteroatoms. The molecule has 0 aliphatic rings. The summed E-state index contributed by atoms with van der Waals surface area (Å²) in [7, 11) is 0. The van der Waals surface area contributed by atoms with Crippen LogP contribution >= 0.6 is 45.9 Å². The Labute approximate surface area is 117 Å². The molecule has 4 rings (SSSR count). The SMILES string of the molecule is Clc1nnnc2c1sc1sc3c(Cl)nnnc3c12. The Balaban J connectivity index is 2.34. The quantitative estimate of drug-likeness (QED) is 0.496. The van der Waals surface area contributed by atoms with Gasteiger partial charge >= 0.3 is 0 Å². The molecule has 0 amide bonds. The van der Waals surface area contributed by atoms with Crippen molar-refractivity contribution in [2.45, 2.75) is 0 Å². The Morgan fingerprint density at radius 1 is 0.722 bits per heavy atom. The monoisotopic (exact) mass is 314 g/mol. The van der Waals surface area contributed by atoms with Crippen LogP contribution in [0.3, 0.4) is 0 Å². The summed E-state index contributed by atoms with van der Waals surface area (Å²) in [5.74, 6) is 0. The highest BCUT2D eigenvalue weighted by molar-refractivity contribution is 7.44. The van der Waals surface area contributed by atoms with Crippen LogP contribution in [0.4, 0.5) is 0 Å². The van der Waals surface area contributed by atoms with Crippen LogP contribution in [0.25, 0.3) is 29.8 Å². The maximum Gasteiger partial charge on any atom is 0.172 e. The normalized spacial score (nSPS) is 11.9. The lowest BCUT2D eigenvalue weighted by Crippen LogP contribution is -1.88. The maximum absolute atomic E-state index is 5.99. The number of halogens is 2. The van der Waals surface area contributed by atoms with Crippen molar-refractivity contribution in [1.82, 2.24) is 30.8 Å². The predicted octanol–water partition coefficient (Wildman–Crippen LogP) is 2.95. The molecule has 0 bridgehead atoms. The third-order valence-electron chi connectivity index (χ3n) is 2.43. The lowest BCUT2D eigenvalue weighted by molar-refractivity contribution is 0.896. The van der Waals surface area contributed by atoms with Crippen molar-refractivity contribution in [3.63, 3.8) is 0 Å². The maximum atomic E-state index is 5.99. The second-order valence-corrected chi connectivity index (χ2v) is 6.40. The first-order valence-corrected chi connectivity index (χ1v) is 7.03. The molecule has 0 aromatic carbocycles. The van der Waals surface area contributed by atoms with E-state index in [1.807, 2.05) is 0 Å². The number of nitrogens with zero attached hydrogens (tertiary/aromatic N) is 6. The fraction of sp³-hybridized carbons (Fsp3) is 0. The zero-order valence-corrected chi connectivity index (χ0v) is 11.4. The molecule has 0 radical (unpaired) electrons. The fourth-order valence-electron chi connectivity index (χ4n) is 1.71. The van der Waals surface area contributed by atoms with Gasteiger partial charge in [0.05, 0.1) is 18.8 Å². The number of rotatable bonds is 0. The zero-order chi connectivity index (χ0) is 12.3. The molecule has 18 heavy (non-hydrogen) atoms. The average molecular weight is 315 g/mol. The van der Waals surface area contributed by atoms with Crippen LogP contribution < -0.4 is 0 Å². The Morgan fingerprint density at radius 2 is 1.22 bits per heavy atom. The summed E-state index contributed by atoms with van der Waals surface area (Å²) in [6.07, 6.45) is 0. The second kappa shape index (κ2) is 3.64. The molecule has 0 unspecified atom stereocenters. The third-order valence-corrected chi connectivity index (χ3v) is 5.64. The molecule has 6 nitrogen and oxygen atoms in total. The lowest BCUT2D eigenvalue weighted by Gasteiger charge is -1.91. The van der Waals surface area contributed by atoms with E-state index in [2.05, 4.69) is 30.8 Å². The van der Waals surface area contributed by atoms with Crippen molar-refractivity contribution in [1.29, 1.82) is 0 Å². The Hall–Kier alpha value is -1.22. The van der Waals surface area contributed by atoms with E-state index in [0.717, 1.165) is 18.8 Å². The van der Waals surface area contributed by atoms with E-state index in [1.165, 1.54) is 22.7 Å². The van der Waals surface area contributed by atoms with Crippen LogP contribution in [-0.2, 0) is 0 Å². The second-order valence-electron chi connectivity index (χ2n) is 3.38. The minimum atomic E-state index is 0.342. The van der Waals surface area contributed by atoms with Gasteiger partial charge in [0.25, 0.3) is 0 Å². The van der Waals surface area contributed by atoms with Crippen molar-refractivity contribution >= 4 is 75.7 Å². The standard InChI is InChI=1S/C8Cl2N6S2/c9-6-4-2(11-15-13-6)1-3-5(18-8(1)17-4)7(10)14-16-12-3. The van der Waals surface area contributed by atoms with E-state index in [1.54, 1.807) is 0 Å². The van der Waals surface area contributed by atoms with Gasteiger partial charge in [-0.25, -0.2) is 0 Å². The number of aromatic nitrogens is 6. The van der Waals surface area contributed by atoms with Gasteiger partial charge in [-0.05, 0) is 10.4 Å². The summed E-state index contributed by atoms with van der Waals surface area (Å²) in [6, 6.07) is 0. The average Bonchev–Trinajstić information content (AvgIpc) is 2.88. The van der Waals surface area contributed by atoms with E-state index in [-0.39, 0.29) is 0 Å². The minimum absolute atomic E-state index is 0.342. The molecule has 0 atom stereocenters. The number of hydrogen-bond acceptors (Lipinski definition) is 8. The number of thiophene rings is 2. The zero-order valence-electron chi connectivity index (χ0n) is 8.26. The van der Waals surface area contributed by atoms with Crippen LogP contribution in [0.2, 0.25) is 10.3 Å². The van der Waals surface area contributed by atoms with Crippen LogP contribution in [0, 0.1) is 0 Å². The van der Waals surface area contributed by atoms with Crippen molar-refractivity contribution in [2.24, 2.45) is 0 Å². The molecule has 4 heterocycles. The van der Waals surface area contributed by atoms with Crippen molar-refractivity contribution in [2.75, 3.05) is 0 Å². The van der Waals surface area contributed by atoms with Gasteiger partial charge in [-0.1, -0.05) is 23.2 Å². The largest absolute Gasteiger partial charge is 0.172 e. The molecule has 0 N–H and O–H groups in total. The molecule has 0 aliphatic heterocycles. The van der Waals surface area contributed by atoms with Crippen molar-refractivity contribution < 1.29 is 0 Å². The Morgan fingerprint density at radius 3 is 1.72 bits per heavy atom. The first-order chi connectivity index (χ1) is 8.75. The lowest BCUT2D eigenvalue weighted by atomic mass is 10.3. The smallest absolute Gasteiger partial charge is 0.128 e. The van der Waals surface area contributed by atoms with E-state index in [0.29, 0.717) is 21.3 Å². The molecule has 0 fully saturated rings. The minimum Gasteiger partial charge on any atom is -0.128 e. The number of fused-ring (bicyclic) bond motifs is 5. The fourth-order valence-corrected chi connectivity index (χ4v) is 4.55. The van der Waals surface area contributed by atoms with E-state index >= 15 is 0 Å². The molecule has 0 saturated carbocycles. The molecule has 0 spiro atoms. The molecule has 4 aromatic rings. The van der Waals surface area contributed by atoms with Gasteiger partial charge < -0.3 is 0 Å². The van der Waals surface area contributed by atoms with Gasteiger partial charge in [-0.3, -0.25) is 0 Å². The number of hydrogen-bond donors (Lipinski definition) is 0. The molecular weight excluding hydrogens is 315 g/mol. The van der Waals surface area contributed by atoms with Gasteiger partial charge in [0.1, 0.15) is 11.0 Å². The van der Waals surface area contributed by atoms with Gasteiger partial charge in [-0.15, -0.1) is 43.1 Å². The van der Waals surface area contributed by atoms with E-state index in [9.17, 15) is 0 Å². The topological polar surface area (TPSA) is 77.3 Å². The summed E-state index contributed by atoms with van der Waals surface area (Å²) >= 11 is 15.0.